The Labute approximate surface area is 79.4 Å². The van der Waals surface area contributed by atoms with Crippen LogP contribution in [0.2, 0.25) is 0 Å². The maximum atomic E-state index is 12.6. The molecule has 0 amide bonds. The van der Waals surface area contributed by atoms with Crippen LogP contribution >= 0.6 is 0 Å². The third-order valence-corrected chi connectivity index (χ3v) is 2.01. The lowest BCUT2D eigenvalue weighted by Crippen LogP contribution is -2.55. The normalized spacial score (nSPS) is 27.6. The van der Waals surface area contributed by atoms with Crippen LogP contribution in [0.1, 0.15) is 6.42 Å². The molecule has 14 heavy (non-hydrogen) atoms. The van der Waals surface area contributed by atoms with Crippen molar-refractivity contribution in [2.24, 2.45) is 5.73 Å². The molecule has 0 aromatic rings. The zero-order valence-corrected chi connectivity index (χ0v) is 7.56. The number of halogens is 3. The van der Waals surface area contributed by atoms with Crippen LogP contribution in [-0.4, -0.2) is 18.8 Å². The molecule has 1 rings (SSSR count). The molecule has 1 aliphatic carbocycles. The summed E-state index contributed by atoms with van der Waals surface area (Å²) in [6, 6.07) is 0. The lowest BCUT2D eigenvalue weighted by atomic mass is 9.90. The van der Waals surface area contributed by atoms with Crippen molar-refractivity contribution in [2.45, 2.75) is 18.1 Å². The maximum Gasteiger partial charge on any atom is 0.412 e. The van der Waals surface area contributed by atoms with E-state index in [1.165, 1.54) is 12.2 Å². The van der Waals surface area contributed by atoms with Crippen molar-refractivity contribution >= 4 is 0 Å². The van der Waals surface area contributed by atoms with Gasteiger partial charge in [-0.25, -0.2) is 0 Å². The van der Waals surface area contributed by atoms with Gasteiger partial charge in [0.15, 0.2) is 5.54 Å². The van der Waals surface area contributed by atoms with Crippen molar-refractivity contribution in [1.82, 2.24) is 5.48 Å². The van der Waals surface area contributed by atoms with E-state index in [1.54, 1.807) is 0 Å². The first-order valence-electron chi connectivity index (χ1n) is 3.93. The minimum Gasteiger partial charge on any atom is -0.399 e. The summed E-state index contributed by atoms with van der Waals surface area (Å²) in [5.41, 5.74) is 5.44. The number of allylic oxidation sites excluding steroid dienone is 1. The summed E-state index contributed by atoms with van der Waals surface area (Å²) in [5, 5.41) is 0. The zero-order valence-electron chi connectivity index (χ0n) is 7.56. The molecule has 6 heteroatoms. The second-order valence-electron chi connectivity index (χ2n) is 3.02. The summed E-state index contributed by atoms with van der Waals surface area (Å²) in [5.74, 6) is 0. The van der Waals surface area contributed by atoms with E-state index in [0.29, 0.717) is 5.70 Å². The molecule has 1 aliphatic rings. The highest BCUT2D eigenvalue weighted by atomic mass is 19.4. The number of rotatable bonds is 2. The van der Waals surface area contributed by atoms with Crippen molar-refractivity contribution in [3.05, 3.63) is 23.9 Å². The van der Waals surface area contributed by atoms with Crippen LogP contribution in [-0.2, 0) is 4.84 Å². The molecule has 1 atom stereocenters. The Balaban J connectivity index is 2.92. The number of nitrogens with two attached hydrogens (primary N) is 1. The second kappa shape index (κ2) is 3.62. The monoisotopic (exact) mass is 208 g/mol. The van der Waals surface area contributed by atoms with Gasteiger partial charge in [-0.2, -0.15) is 18.7 Å². The first-order valence-corrected chi connectivity index (χ1v) is 3.93. The molecule has 0 aromatic heterocycles. The second-order valence-corrected chi connectivity index (χ2v) is 3.02. The number of hydrogen-bond acceptors (Lipinski definition) is 3. The molecular weight excluding hydrogens is 197 g/mol. The predicted molar refractivity (Wildman–Crippen MR) is 45.0 cm³/mol. The third kappa shape index (κ3) is 1.91. The molecule has 80 valence electrons. The first kappa shape index (κ1) is 11.1. The topological polar surface area (TPSA) is 47.3 Å². The lowest BCUT2D eigenvalue weighted by Gasteiger charge is -2.33. The Kier molecular flexibility index (Phi) is 2.86. The van der Waals surface area contributed by atoms with Crippen LogP contribution in [0.3, 0.4) is 0 Å². The quantitative estimate of drug-likeness (QED) is 0.671. The molecule has 1 unspecified atom stereocenters. The first-order chi connectivity index (χ1) is 6.41. The van der Waals surface area contributed by atoms with Crippen LogP contribution in [0, 0.1) is 0 Å². The van der Waals surface area contributed by atoms with Crippen LogP contribution in [0.25, 0.3) is 0 Å². The van der Waals surface area contributed by atoms with Crippen molar-refractivity contribution < 1.29 is 18.0 Å². The average molecular weight is 208 g/mol. The fourth-order valence-corrected chi connectivity index (χ4v) is 1.18. The van der Waals surface area contributed by atoms with Gasteiger partial charge in [0.25, 0.3) is 0 Å². The summed E-state index contributed by atoms with van der Waals surface area (Å²) in [4.78, 5) is 4.36. The lowest BCUT2D eigenvalue weighted by molar-refractivity contribution is -0.209. The number of hydrogen-bond donors (Lipinski definition) is 2. The summed E-state index contributed by atoms with van der Waals surface area (Å²) < 4.78 is 37.9. The van der Waals surface area contributed by atoms with E-state index in [9.17, 15) is 13.2 Å². The molecule has 0 saturated carbocycles. The summed E-state index contributed by atoms with van der Waals surface area (Å²) in [7, 11) is 1.14. The molecule has 0 bridgehead atoms. The van der Waals surface area contributed by atoms with Crippen molar-refractivity contribution in [3.8, 4) is 0 Å². The van der Waals surface area contributed by atoms with Crippen LogP contribution in [0.5, 0.6) is 0 Å². The summed E-state index contributed by atoms with van der Waals surface area (Å²) >= 11 is 0. The van der Waals surface area contributed by atoms with Gasteiger partial charge < -0.3 is 10.6 Å². The predicted octanol–water partition coefficient (Wildman–Crippen LogP) is 1.24. The highest BCUT2D eigenvalue weighted by molar-refractivity contribution is 5.28. The van der Waals surface area contributed by atoms with E-state index in [-0.39, 0.29) is 6.42 Å². The van der Waals surface area contributed by atoms with E-state index in [0.717, 1.165) is 13.2 Å². The average Bonchev–Trinajstić information content (AvgIpc) is 2.07. The Morgan fingerprint density at radius 1 is 1.57 bits per heavy atom. The van der Waals surface area contributed by atoms with Gasteiger partial charge in [-0.05, 0) is 6.08 Å². The molecule has 0 saturated heterocycles. The molecular formula is C8H11F3N2O. The molecule has 0 heterocycles. The number of nitrogens with one attached hydrogen (secondary N) is 1. The SMILES string of the molecule is CONC1(C(F)(F)F)C=CC(N)=CC1. The van der Waals surface area contributed by atoms with E-state index in [2.05, 4.69) is 4.84 Å². The molecule has 0 spiro atoms. The van der Waals surface area contributed by atoms with Gasteiger partial charge in [0.1, 0.15) is 0 Å². The van der Waals surface area contributed by atoms with E-state index < -0.39 is 11.7 Å². The minimum atomic E-state index is -4.42. The number of hydroxylamine groups is 1. The van der Waals surface area contributed by atoms with Crippen molar-refractivity contribution in [1.29, 1.82) is 0 Å². The highest BCUT2D eigenvalue weighted by Crippen LogP contribution is 2.36. The standard InChI is InChI=1S/C8H11F3N2O/c1-14-13-7(8(9,10)11)4-2-6(12)3-5-7/h2-4,13H,5,12H2,1H3. The number of alkyl halides is 3. The maximum absolute atomic E-state index is 12.6. The smallest absolute Gasteiger partial charge is 0.399 e. The van der Waals surface area contributed by atoms with Crippen LogP contribution < -0.4 is 11.2 Å². The fourth-order valence-electron chi connectivity index (χ4n) is 1.18. The third-order valence-electron chi connectivity index (χ3n) is 2.01. The summed E-state index contributed by atoms with van der Waals surface area (Å²) in [6.45, 7) is 0. The fraction of sp³-hybridized carbons (Fsp3) is 0.500. The Morgan fingerprint density at radius 3 is 2.57 bits per heavy atom. The van der Waals surface area contributed by atoms with Crippen molar-refractivity contribution in [3.63, 3.8) is 0 Å². The summed E-state index contributed by atoms with van der Waals surface area (Å²) in [6.07, 6.45) is -1.21. The molecule has 3 N–H and O–H groups in total. The van der Waals surface area contributed by atoms with E-state index in [1.807, 2.05) is 5.48 Å². The van der Waals surface area contributed by atoms with Gasteiger partial charge >= 0.3 is 6.18 Å². The van der Waals surface area contributed by atoms with Gasteiger partial charge in [-0.1, -0.05) is 12.2 Å². The molecule has 0 fully saturated rings. The van der Waals surface area contributed by atoms with E-state index in [4.69, 9.17) is 5.73 Å². The van der Waals surface area contributed by atoms with Crippen LogP contribution in [0.4, 0.5) is 13.2 Å². The van der Waals surface area contributed by atoms with Gasteiger partial charge in [0.05, 0.1) is 7.11 Å². The van der Waals surface area contributed by atoms with Gasteiger partial charge in [0, 0.05) is 12.1 Å². The minimum absolute atomic E-state index is 0.271. The molecule has 0 aromatic carbocycles. The Bertz CT molecular complexity index is 272. The van der Waals surface area contributed by atoms with Crippen molar-refractivity contribution in [2.75, 3.05) is 7.11 Å². The molecule has 0 aliphatic heterocycles. The molecule has 0 radical (unpaired) electrons. The van der Waals surface area contributed by atoms with Gasteiger partial charge in [-0.15, -0.1) is 0 Å². The zero-order chi connectivity index (χ0) is 10.8. The molecule has 3 nitrogen and oxygen atoms in total. The Hall–Kier alpha value is -1.01. The van der Waals surface area contributed by atoms with Gasteiger partial charge in [-0.3, -0.25) is 0 Å². The van der Waals surface area contributed by atoms with E-state index >= 15 is 0 Å². The largest absolute Gasteiger partial charge is 0.412 e. The van der Waals surface area contributed by atoms with Gasteiger partial charge in [0.2, 0.25) is 0 Å². The highest BCUT2D eigenvalue weighted by Gasteiger charge is 2.53. The Morgan fingerprint density at radius 2 is 2.21 bits per heavy atom. The van der Waals surface area contributed by atoms with Crippen LogP contribution in [0.15, 0.2) is 23.9 Å².